The van der Waals surface area contributed by atoms with Crippen molar-refractivity contribution >= 4 is 40.4 Å². The predicted molar refractivity (Wildman–Crippen MR) is 83.6 cm³/mol. The minimum Gasteiger partial charge on any atom is -0.398 e. The van der Waals surface area contributed by atoms with Gasteiger partial charge >= 0.3 is 0 Å². The molecule has 1 amide bonds. The van der Waals surface area contributed by atoms with Gasteiger partial charge in [0.05, 0.1) is 27.8 Å². The van der Waals surface area contributed by atoms with Crippen LogP contribution in [0.2, 0.25) is 5.02 Å². The quantitative estimate of drug-likeness (QED) is 0.650. The number of amides is 1. The number of halogens is 1. The first-order valence-electron chi connectivity index (χ1n) is 6.23. The molecule has 108 valence electrons. The Balaban J connectivity index is 2.40. The van der Waals surface area contributed by atoms with Crippen molar-refractivity contribution in [2.45, 2.75) is 13.8 Å². The fourth-order valence-electron chi connectivity index (χ4n) is 1.80. The molecule has 21 heavy (non-hydrogen) atoms. The predicted octanol–water partition coefficient (Wildman–Crippen LogP) is 2.54. The Hall–Kier alpha value is -2.40. The number of nitrogen functional groups attached to an aromatic ring is 1. The largest absolute Gasteiger partial charge is 0.398 e. The summed E-state index contributed by atoms with van der Waals surface area (Å²) in [7, 11) is 0. The molecule has 1 aromatic carbocycles. The van der Waals surface area contributed by atoms with Gasteiger partial charge in [-0.2, -0.15) is 0 Å². The summed E-state index contributed by atoms with van der Waals surface area (Å²) in [5.74, 6) is -0.561. The standard InChI is InChI=1S/C15H14ClN3O2/c1-8-5-15(21)14(18-9(2)20)7-13(8)19-10-3-4-12(17)11(16)6-10/h3-7H,17H2,1-2H3,(H,18,20). The summed E-state index contributed by atoms with van der Waals surface area (Å²) in [6.07, 6.45) is 2.98. The van der Waals surface area contributed by atoms with Crippen molar-refractivity contribution < 1.29 is 9.59 Å². The van der Waals surface area contributed by atoms with Gasteiger partial charge in [0.25, 0.3) is 0 Å². The topological polar surface area (TPSA) is 84.6 Å². The SMILES string of the molecule is CC(=O)NC1=CC(=Nc2ccc(N)c(Cl)c2)C(C)=CC1=O. The summed E-state index contributed by atoms with van der Waals surface area (Å²) in [6, 6.07) is 5.02. The van der Waals surface area contributed by atoms with E-state index < -0.39 is 0 Å². The van der Waals surface area contributed by atoms with Crippen molar-refractivity contribution in [1.29, 1.82) is 0 Å². The Morgan fingerprint density at radius 1 is 1.33 bits per heavy atom. The molecular weight excluding hydrogens is 290 g/mol. The van der Waals surface area contributed by atoms with Crippen LogP contribution in [-0.4, -0.2) is 17.4 Å². The Kier molecular flexibility index (Phi) is 4.23. The minimum atomic E-state index is -0.308. The van der Waals surface area contributed by atoms with Crippen LogP contribution in [0, 0.1) is 0 Å². The number of carbonyl (C=O) groups excluding carboxylic acids is 2. The number of hydrogen-bond acceptors (Lipinski definition) is 4. The van der Waals surface area contributed by atoms with Gasteiger partial charge in [-0.1, -0.05) is 11.6 Å². The molecule has 1 aliphatic rings. The number of aliphatic imine (C=N–C) groups is 1. The van der Waals surface area contributed by atoms with Gasteiger partial charge < -0.3 is 11.1 Å². The van der Waals surface area contributed by atoms with Crippen molar-refractivity contribution in [3.8, 4) is 0 Å². The molecular formula is C15H14ClN3O2. The normalized spacial score (nSPS) is 16.5. The summed E-state index contributed by atoms with van der Waals surface area (Å²) in [4.78, 5) is 27.3. The minimum absolute atomic E-state index is 0.202. The van der Waals surface area contributed by atoms with Crippen molar-refractivity contribution in [2.24, 2.45) is 4.99 Å². The van der Waals surface area contributed by atoms with Crippen molar-refractivity contribution in [1.82, 2.24) is 5.32 Å². The van der Waals surface area contributed by atoms with Gasteiger partial charge in [-0.05, 0) is 42.8 Å². The van der Waals surface area contributed by atoms with E-state index in [9.17, 15) is 9.59 Å². The molecule has 1 aromatic rings. The molecule has 0 saturated heterocycles. The van der Waals surface area contributed by atoms with Gasteiger partial charge in [-0.15, -0.1) is 0 Å². The monoisotopic (exact) mass is 303 g/mol. The zero-order chi connectivity index (χ0) is 15.6. The number of nitrogens with one attached hydrogen (secondary N) is 1. The van der Waals surface area contributed by atoms with Crippen LogP contribution in [0.5, 0.6) is 0 Å². The highest BCUT2D eigenvalue weighted by Gasteiger charge is 2.17. The molecule has 0 unspecified atom stereocenters. The maximum atomic E-state index is 11.8. The van der Waals surface area contributed by atoms with Crippen LogP contribution in [0.1, 0.15) is 13.8 Å². The molecule has 0 aromatic heterocycles. The Morgan fingerprint density at radius 2 is 2.05 bits per heavy atom. The summed E-state index contributed by atoms with van der Waals surface area (Å²) in [5.41, 5.74) is 8.23. The summed E-state index contributed by atoms with van der Waals surface area (Å²) in [6.45, 7) is 3.12. The molecule has 0 atom stereocenters. The van der Waals surface area contributed by atoms with Crippen LogP contribution in [0.25, 0.3) is 0 Å². The molecule has 5 nitrogen and oxygen atoms in total. The lowest BCUT2D eigenvalue weighted by Crippen LogP contribution is -2.27. The molecule has 0 aliphatic heterocycles. The second kappa shape index (κ2) is 5.93. The van der Waals surface area contributed by atoms with Crippen LogP contribution in [-0.2, 0) is 9.59 Å². The van der Waals surface area contributed by atoms with Gasteiger partial charge in [-0.3, -0.25) is 9.59 Å². The number of rotatable bonds is 2. The Bertz CT molecular complexity index is 718. The molecule has 0 spiro atoms. The van der Waals surface area contributed by atoms with E-state index in [0.29, 0.717) is 27.7 Å². The maximum Gasteiger partial charge on any atom is 0.221 e. The van der Waals surface area contributed by atoms with Gasteiger partial charge in [-0.25, -0.2) is 4.99 Å². The van der Waals surface area contributed by atoms with E-state index in [-0.39, 0.29) is 17.4 Å². The average molecular weight is 304 g/mol. The molecule has 0 heterocycles. The molecule has 0 saturated carbocycles. The third-order valence-electron chi connectivity index (χ3n) is 2.84. The summed E-state index contributed by atoms with van der Waals surface area (Å²) in [5, 5.41) is 2.90. The molecule has 0 radical (unpaired) electrons. The number of nitrogens with zero attached hydrogens (tertiary/aromatic N) is 1. The second-order valence-electron chi connectivity index (χ2n) is 4.63. The molecule has 0 bridgehead atoms. The molecule has 3 N–H and O–H groups in total. The zero-order valence-corrected chi connectivity index (χ0v) is 12.4. The van der Waals surface area contributed by atoms with E-state index in [2.05, 4.69) is 10.3 Å². The highest BCUT2D eigenvalue weighted by atomic mass is 35.5. The third kappa shape index (κ3) is 3.58. The first-order chi connectivity index (χ1) is 9.86. The number of anilines is 1. The number of benzene rings is 1. The van der Waals surface area contributed by atoms with E-state index in [1.165, 1.54) is 13.0 Å². The fraction of sp³-hybridized carbons (Fsp3) is 0.133. The van der Waals surface area contributed by atoms with Crippen LogP contribution < -0.4 is 11.1 Å². The van der Waals surface area contributed by atoms with Crippen LogP contribution in [0.3, 0.4) is 0 Å². The van der Waals surface area contributed by atoms with E-state index in [1.807, 2.05) is 0 Å². The molecule has 0 fully saturated rings. The first-order valence-corrected chi connectivity index (χ1v) is 6.60. The number of nitrogens with two attached hydrogens (primary N) is 1. The summed E-state index contributed by atoms with van der Waals surface area (Å²) < 4.78 is 0. The van der Waals surface area contributed by atoms with Gasteiger partial charge in [0.15, 0.2) is 0 Å². The number of hydrogen-bond donors (Lipinski definition) is 2. The van der Waals surface area contributed by atoms with Crippen LogP contribution in [0.15, 0.2) is 46.6 Å². The van der Waals surface area contributed by atoms with E-state index in [4.69, 9.17) is 17.3 Å². The lowest BCUT2D eigenvalue weighted by molar-refractivity contribution is -0.120. The van der Waals surface area contributed by atoms with Gasteiger partial charge in [0, 0.05) is 6.92 Å². The Labute approximate surface area is 127 Å². The number of ketones is 1. The second-order valence-corrected chi connectivity index (χ2v) is 5.04. The van der Waals surface area contributed by atoms with E-state index in [0.717, 1.165) is 0 Å². The highest BCUT2D eigenvalue weighted by molar-refractivity contribution is 6.33. The van der Waals surface area contributed by atoms with Crippen molar-refractivity contribution in [2.75, 3.05) is 5.73 Å². The lowest BCUT2D eigenvalue weighted by atomic mass is 10.0. The van der Waals surface area contributed by atoms with E-state index in [1.54, 1.807) is 31.2 Å². The lowest BCUT2D eigenvalue weighted by Gasteiger charge is -2.13. The maximum absolute atomic E-state index is 11.8. The number of carbonyl (C=O) groups is 2. The van der Waals surface area contributed by atoms with Crippen molar-refractivity contribution in [3.05, 3.63) is 46.6 Å². The molecule has 2 rings (SSSR count). The summed E-state index contributed by atoms with van der Waals surface area (Å²) >= 11 is 5.95. The molecule has 1 aliphatic carbocycles. The zero-order valence-electron chi connectivity index (χ0n) is 11.6. The smallest absolute Gasteiger partial charge is 0.221 e. The van der Waals surface area contributed by atoms with E-state index >= 15 is 0 Å². The van der Waals surface area contributed by atoms with Crippen LogP contribution in [0.4, 0.5) is 11.4 Å². The first kappa shape index (κ1) is 15.0. The molecule has 6 heteroatoms. The van der Waals surface area contributed by atoms with Gasteiger partial charge in [0.1, 0.15) is 0 Å². The highest BCUT2D eigenvalue weighted by Crippen LogP contribution is 2.25. The van der Waals surface area contributed by atoms with Gasteiger partial charge in [0.2, 0.25) is 11.7 Å². The average Bonchev–Trinajstić information content (AvgIpc) is 2.39. The van der Waals surface area contributed by atoms with Crippen LogP contribution >= 0.6 is 11.6 Å². The third-order valence-corrected chi connectivity index (χ3v) is 3.17. The van der Waals surface area contributed by atoms with Crippen molar-refractivity contribution in [3.63, 3.8) is 0 Å². The fourth-order valence-corrected chi connectivity index (χ4v) is 1.98. The number of allylic oxidation sites excluding steroid dienone is 3. The Morgan fingerprint density at radius 3 is 2.67 bits per heavy atom.